The molecule has 2 aromatic rings. The van der Waals surface area contributed by atoms with Gasteiger partial charge < -0.3 is 14.7 Å². The first-order chi connectivity index (χ1) is 11.5. The Balaban J connectivity index is 2.10. The Morgan fingerprint density at radius 3 is 2.62 bits per heavy atom. The van der Waals surface area contributed by atoms with Gasteiger partial charge >= 0.3 is 0 Å². The lowest BCUT2D eigenvalue weighted by molar-refractivity contribution is -0.139. The molecule has 1 aliphatic heterocycles. The van der Waals surface area contributed by atoms with Crippen LogP contribution in [0.4, 0.5) is 5.69 Å². The van der Waals surface area contributed by atoms with Gasteiger partial charge in [0.15, 0.2) is 5.60 Å². The maximum absolute atomic E-state index is 13.1. The SMILES string of the molecule is C=C[C@@H](C)[C@@]1(O)C(=O)N(Cc2ccccc2)c2ccc(OC)cc21. The van der Waals surface area contributed by atoms with Crippen LogP contribution in [-0.4, -0.2) is 18.1 Å². The van der Waals surface area contributed by atoms with Crippen molar-refractivity contribution in [3.63, 3.8) is 0 Å². The fourth-order valence-corrected chi connectivity index (χ4v) is 3.15. The summed E-state index contributed by atoms with van der Waals surface area (Å²) in [7, 11) is 1.57. The van der Waals surface area contributed by atoms with Crippen molar-refractivity contribution in [2.24, 2.45) is 5.92 Å². The van der Waals surface area contributed by atoms with Crippen molar-refractivity contribution in [3.05, 3.63) is 72.3 Å². The summed E-state index contributed by atoms with van der Waals surface area (Å²) >= 11 is 0. The van der Waals surface area contributed by atoms with Crippen molar-refractivity contribution in [1.29, 1.82) is 0 Å². The van der Waals surface area contributed by atoms with E-state index in [0.29, 0.717) is 23.5 Å². The van der Waals surface area contributed by atoms with Crippen LogP contribution in [0.3, 0.4) is 0 Å². The fourth-order valence-electron chi connectivity index (χ4n) is 3.15. The Labute approximate surface area is 142 Å². The van der Waals surface area contributed by atoms with Crippen molar-refractivity contribution < 1.29 is 14.6 Å². The van der Waals surface area contributed by atoms with E-state index >= 15 is 0 Å². The number of amides is 1. The molecule has 24 heavy (non-hydrogen) atoms. The summed E-state index contributed by atoms with van der Waals surface area (Å²) in [6.45, 7) is 5.95. The molecule has 0 bridgehead atoms. The summed E-state index contributed by atoms with van der Waals surface area (Å²) in [6.07, 6.45) is 1.60. The molecule has 124 valence electrons. The van der Waals surface area contributed by atoms with Crippen LogP contribution in [0.1, 0.15) is 18.1 Å². The van der Waals surface area contributed by atoms with Gasteiger partial charge in [-0.2, -0.15) is 0 Å². The predicted molar refractivity (Wildman–Crippen MR) is 93.9 cm³/mol. The molecule has 0 saturated carbocycles. The van der Waals surface area contributed by atoms with E-state index in [1.807, 2.05) is 36.4 Å². The van der Waals surface area contributed by atoms with Crippen LogP contribution < -0.4 is 9.64 Å². The topological polar surface area (TPSA) is 49.8 Å². The fraction of sp³-hybridized carbons (Fsp3) is 0.250. The highest BCUT2D eigenvalue weighted by molar-refractivity contribution is 6.07. The number of ether oxygens (including phenoxy) is 1. The second-order valence-corrected chi connectivity index (χ2v) is 6.05. The standard InChI is InChI=1S/C20H21NO3/c1-4-14(2)20(23)17-12-16(24-3)10-11-18(17)21(19(20)22)13-15-8-6-5-7-9-15/h4-12,14,23H,1,13H2,2-3H3/t14-,20+/m1/s1. The number of anilines is 1. The first-order valence-corrected chi connectivity index (χ1v) is 7.91. The van der Waals surface area contributed by atoms with Gasteiger partial charge in [0, 0.05) is 11.5 Å². The first kappa shape index (κ1) is 16.3. The lowest BCUT2D eigenvalue weighted by Gasteiger charge is -2.27. The van der Waals surface area contributed by atoms with Crippen molar-refractivity contribution in [2.45, 2.75) is 19.1 Å². The van der Waals surface area contributed by atoms with Gasteiger partial charge in [-0.05, 0) is 23.8 Å². The quantitative estimate of drug-likeness (QED) is 0.859. The van der Waals surface area contributed by atoms with Crippen LogP contribution >= 0.6 is 0 Å². The summed E-state index contributed by atoms with van der Waals surface area (Å²) in [6, 6.07) is 15.1. The molecule has 0 saturated heterocycles. The minimum atomic E-state index is -1.62. The Kier molecular flexibility index (Phi) is 4.16. The normalized spacial score (nSPS) is 20.6. The molecule has 0 aliphatic carbocycles. The van der Waals surface area contributed by atoms with E-state index in [0.717, 1.165) is 5.56 Å². The maximum Gasteiger partial charge on any atom is 0.264 e. The molecule has 1 amide bonds. The molecule has 1 heterocycles. The smallest absolute Gasteiger partial charge is 0.264 e. The van der Waals surface area contributed by atoms with Crippen LogP contribution in [0.5, 0.6) is 5.75 Å². The van der Waals surface area contributed by atoms with E-state index in [9.17, 15) is 9.90 Å². The molecule has 4 heteroatoms. The number of methoxy groups -OCH3 is 1. The molecule has 0 spiro atoms. The highest BCUT2D eigenvalue weighted by Gasteiger charge is 2.52. The summed E-state index contributed by atoms with van der Waals surface area (Å²) in [5, 5.41) is 11.2. The van der Waals surface area contributed by atoms with Gasteiger partial charge in [-0.15, -0.1) is 6.58 Å². The predicted octanol–water partition coefficient (Wildman–Crippen LogP) is 3.25. The van der Waals surface area contributed by atoms with E-state index in [2.05, 4.69) is 6.58 Å². The van der Waals surface area contributed by atoms with Gasteiger partial charge in [0.25, 0.3) is 5.91 Å². The molecule has 1 N–H and O–H groups in total. The molecule has 2 aromatic carbocycles. The van der Waals surface area contributed by atoms with Crippen molar-refractivity contribution in [2.75, 3.05) is 12.0 Å². The second kappa shape index (κ2) is 6.13. The molecule has 4 nitrogen and oxygen atoms in total. The zero-order valence-corrected chi connectivity index (χ0v) is 13.9. The number of hydrogen-bond donors (Lipinski definition) is 1. The van der Waals surface area contributed by atoms with E-state index in [4.69, 9.17) is 4.74 Å². The highest BCUT2D eigenvalue weighted by Crippen LogP contribution is 2.46. The van der Waals surface area contributed by atoms with Crippen molar-refractivity contribution >= 4 is 11.6 Å². The third-order valence-corrected chi connectivity index (χ3v) is 4.67. The summed E-state index contributed by atoms with van der Waals surface area (Å²) < 4.78 is 5.27. The number of fused-ring (bicyclic) bond motifs is 1. The van der Waals surface area contributed by atoms with Gasteiger partial charge in [0.2, 0.25) is 0 Å². The number of nitrogens with zero attached hydrogens (tertiary/aromatic N) is 1. The average Bonchev–Trinajstić information content (AvgIpc) is 2.84. The maximum atomic E-state index is 13.1. The number of benzene rings is 2. The largest absolute Gasteiger partial charge is 0.497 e. The van der Waals surface area contributed by atoms with E-state index in [-0.39, 0.29) is 5.91 Å². The molecule has 0 unspecified atom stereocenters. The van der Waals surface area contributed by atoms with Crippen molar-refractivity contribution in [3.8, 4) is 5.75 Å². The molecule has 0 fully saturated rings. The minimum absolute atomic E-state index is 0.331. The molecular formula is C20H21NO3. The van der Waals surface area contributed by atoms with Gasteiger partial charge in [-0.25, -0.2) is 0 Å². The zero-order chi connectivity index (χ0) is 17.3. The first-order valence-electron chi connectivity index (χ1n) is 7.91. The lowest BCUT2D eigenvalue weighted by Crippen LogP contribution is -2.44. The van der Waals surface area contributed by atoms with Gasteiger partial charge in [0.1, 0.15) is 5.75 Å². The third-order valence-electron chi connectivity index (χ3n) is 4.67. The van der Waals surface area contributed by atoms with Crippen LogP contribution in [0, 0.1) is 5.92 Å². The number of carbonyl (C=O) groups is 1. The highest BCUT2D eigenvalue weighted by atomic mass is 16.5. The van der Waals surface area contributed by atoms with Crippen LogP contribution in [-0.2, 0) is 16.9 Å². The summed E-state index contributed by atoms with van der Waals surface area (Å²) in [5.41, 5.74) is 0.652. The Morgan fingerprint density at radius 2 is 2.00 bits per heavy atom. The Morgan fingerprint density at radius 1 is 1.29 bits per heavy atom. The van der Waals surface area contributed by atoms with Gasteiger partial charge in [-0.1, -0.05) is 43.3 Å². The molecular weight excluding hydrogens is 302 g/mol. The number of carbonyl (C=O) groups excluding carboxylic acids is 1. The Hall–Kier alpha value is -2.59. The molecule has 0 aromatic heterocycles. The summed E-state index contributed by atoms with van der Waals surface area (Å²) in [5.74, 6) is -0.142. The number of hydrogen-bond acceptors (Lipinski definition) is 3. The van der Waals surface area contributed by atoms with E-state index in [1.165, 1.54) is 0 Å². The van der Waals surface area contributed by atoms with E-state index in [1.54, 1.807) is 37.1 Å². The van der Waals surface area contributed by atoms with E-state index < -0.39 is 11.5 Å². The van der Waals surface area contributed by atoms with Crippen LogP contribution in [0.2, 0.25) is 0 Å². The molecule has 1 aliphatic rings. The average molecular weight is 323 g/mol. The third kappa shape index (κ3) is 2.39. The Bertz CT molecular complexity index is 772. The summed E-state index contributed by atoms with van der Waals surface area (Å²) in [4.78, 5) is 14.7. The second-order valence-electron chi connectivity index (χ2n) is 6.05. The van der Waals surface area contributed by atoms with Gasteiger partial charge in [-0.3, -0.25) is 4.79 Å². The van der Waals surface area contributed by atoms with Crippen molar-refractivity contribution in [1.82, 2.24) is 0 Å². The minimum Gasteiger partial charge on any atom is -0.497 e. The number of rotatable bonds is 5. The molecule has 0 radical (unpaired) electrons. The monoisotopic (exact) mass is 323 g/mol. The van der Waals surface area contributed by atoms with Gasteiger partial charge in [0.05, 0.1) is 19.3 Å². The van der Waals surface area contributed by atoms with Crippen LogP contribution in [0.25, 0.3) is 0 Å². The lowest BCUT2D eigenvalue weighted by atomic mass is 9.83. The molecule has 3 rings (SSSR count). The zero-order valence-electron chi connectivity index (χ0n) is 13.9. The molecule has 2 atom stereocenters. The van der Waals surface area contributed by atoms with Crippen LogP contribution in [0.15, 0.2) is 61.2 Å². The number of aliphatic hydroxyl groups is 1.